The SMILES string of the molecule is CCN(CC)CCCC(C)NC(=O)CCN(CCc1ccccc1)C(=O)Nc1ccccc1OC. The van der Waals surface area contributed by atoms with Crippen LogP contribution >= 0.6 is 0 Å². The lowest BCUT2D eigenvalue weighted by atomic mass is 10.1. The van der Waals surface area contributed by atoms with Gasteiger partial charge in [0.25, 0.3) is 0 Å². The van der Waals surface area contributed by atoms with E-state index in [4.69, 9.17) is 4.74 Å². The molecule has 2 rings (SSSR count). The molecule has 1 unspecified atom stereocenters. The molecule has 2 aromatic rings. The molecule has 0 aliphatic heterocycles. The molecule has 2 aromatic carbocycles. The van der Waals surface area contributed by atoms with Crippen molar-refractivity contribution in [3.05, 3.63) is 60.2 Å². The second kappa shape index (κ2) is 15.8. The van der Waals surface area contributed by atoms with Gasteiger partial charge in [0.15, 0.2) is 0 Å². The molecule has 0 saturated heterocycles. The van der Waals surface area contributed by atoms with Crippen LogP contribution in [-0.4, -0.2) is 67.6 Å². The number of anilines is 1. The number of carbonyl (C=O) groups excluding carboxylic acids is 2. The zero-order valence-electron chi connectivity index (χ0n) is 21.8. The average Bonchev–Trinajstić information content (AvgIpc) is 2.87. The lowest BCUT2D eigenvalue weighted by molar-refractivity contribution is -0.121. The van der Waals surface area contributed by atoms with Crippen LogP contribution in [0, 0.1) is 0 Å². The van der Waals surface area contributed by atoms with Crippen molar-refractivity contribution in [2.45, 2.75) is 52.5 Å². The van der Waals surface area contributed by atoms with E-state index in [-0.39, 0.29) is 24.4 Å². The zero-order valence-corrected chi connectivity index (χ0v) is 21.8. The summed E-state index contributed by atoms with van der Waals surface area (Å²) in [6.07, 6.45) is 2.96. The van der Waals surface area contributed by atoms with Crippen LogP contribution in [0.1, 0.15) is 45.6 Å². The van der Waals surface area contributed by atoms with Gasteiger partial charge >= 0.3 is 6.03 Å². The van der Waals surface area contributed by atoms with Crippen LogP contribution in [0.4, 0.5) is 10.5 Å². The number of nitrogens with zero attached hydrogens (tertiary/aromatic N) is 2. The van der Waals surface area contributed by atoms with Crippen molar-refractivity contribution in [3.63, 3.8) is 0 Å². The number of hydrogen-bond acceptors (Lipinski definition) is 4. The molecule has 0 bridgehead atoms. The molecule has 192 valence electrons. The van der Waals surface area contributed by atoms with Gasteiger partial charge in [0.2, 0.25) is 5.91 Å². The lowest BCUT2D eigenvalue weighted by Crippen LogP contribution is -2.40. The summed E-state index contributed by atoms with van der Waals surface area (Å²) in [5.74, 6) is 0.565. The molecule has 3 amide bonds. The fourth-order valence-corrected chi connectivity index (χ4v) is 3.98. The number of carbonyl (C=O) groups is 2. The van der Waals surface area contributed by atoms with Gasteiger partial charge in [0, 0.05) is 25.6 Å². The number of urea groups is 1. The topological polar surface area (TPSA) is 73.9 Å². The zero-order chi connectivity index (χ0) is 25.5. The highest BCUT2D eigenvalue weighted by molar-refractivity contribution is 5.91. The maximum atomic E-state index is 13.1. The van der Waals surface area contributed by atoms with E-state index in [2.05, 4.69) is 29.4 Å². The molecule has 0 aromatic heterocycles. The molecule has 1 atom stereocenters. The van der Waals surface area contributed by atoms with E-state index in [1.165, 1.54) is 0 Å². The smallest absolute Gasteiger partial charge is 0.321 e. The summed E-state index contributed by atoms with van der Waals surface area (Å²) in [5, 5.41) is 6.03. The van der Waals surface area contributed by atoms with Crippen LogP contribution in [0.15, 0.2) is 54.6 Å². The van der Waals surface area contributed by atoms with Gasteiger partial charge in [-0.05, 0) is 63.5 Å². The molecule has 0 spiro atoms. The fourth-order valence-electron chi connectivity index (χ4n) is 3.98. The molecule has 0 fully saturated rings. The molecule has 35 heavy (non-hydrogen) atoms. The standard InChI is InChI=1S/C28H42N4O3/c1-5-31(6-2)20-12-13-23(3)29-27(33)19-22-32(21-18-24-14-8-7-9-15-24)28(34)30-25-16-10-11-17-26(25)35-4/h7-11,14-17,23H,5-6,12-13,18-22H2,1-4H3,(H,29,33)(H,30,34). The molecular weight excluding hydrogens is 440 g/mol. The molecule has 0 heterocycles. The lowest BCUT2D eigenvalue weighted by Gasteiger charge is -2.24. The molecule has 0 aliphatic rings. The van der Waals surface area contributed by atoms with E-state index >= 15 is 0 Å². The quantitative estimate of drug-likeness (QED) is 0.383. The van der Waals surface area contributed by atoms with Crippen molar-refractivity contribution in [2.75, 3.05) is 45.2 Å². The first-order valence-corrected chi connectivity index (χ1v) is 12.7. The number of amides is 3. The minimum absolute atomic E-state index is 0.0323. The van der Waals surface area contributed by atoms with E-state index in [1.807, 2.05) is 49.4 Å². The number of nitrogens with one attached hydrogen (secondary N) is 2. The third-order valence-electron chi connectivity index (χ3n) is 6.17. The van der Waals surface area contributed by atoms with Gasteiger partial charge in [-0.25, -0.2) is 4.79 Å². The van der Waals surface area contributed by atoms with Crippen LogP contribution in [0.5, 0.6) is 5.75 Å². The molecule has 0 aliphatic carbocycles. The van der Waals surface area contributed by atoms with Gasteiger partial charge in [0.1, 0.15) is 5.75 Å². The Hall–Kier alpha value is -3.06. The van der Waals surface area contributed by atoms with Gasteiger partial charge in [-0.15, -0.1) is 0 Å². The predicted molar refractivity (Wildman–Crippen MR) is 143 cm³/mol. The minimum Gasteiger partial charge on any atom is -0.495 e. The van der Waals surface area contributed by atoms with Crippen molar-refractivity contribution < 1.29 is 14.3 Å². The Morgan fingerprint density at radius 2 is 1.63 bits per heavy atom. The molecule has 7 nitrogen and oxygen atoms in total. The van der Waals surface area contributed by atoms with Crippen molar-refractivity contribution in [1.82, 2.24) is 15.1 Å². The van der Waals surface area contributed by atoms with E-state index in [9.17, 15) is 9.59 Å². The van der Waals surface area contributed by atoms with Crippen LogP contribution in [-0.2, 0) is 11.2 Å². The van der Waals surface area contributed by atoms with Gasteiger partial charge < -0.3 is 25.2 Å². The Labute approximate surface area is 210 Å². The van der Waals surface area contributed by atoms with Crippen LogP contribution < -0.4 is 15.4 Å². The van der Waals surface area contributed by atoms with Gasteiger partial charge in [-0.1, -0.05) is 56.3 Å². The Bertz CT molecular complexity index is 887. The summed E-state index contributed by atoms with van der Waals surface area (Å²) in [4.78, 5) is 29.8. The summed E-state index contributed by atoms with van der Waals surface area (Å²) in [7, 11) is 1.58. The third kappa shape index (κ3) is 10.4. The first-order chi connectivity index (χ1) is 17.0. The Morgan fingerprint density at radius 1 is 0.943 bits per heavy atom. The van der Waals surface area contributed by atoms with Crippen molar-refractivity contribution in [1.29, 1.82) is 0 Å². The monoisotopic (exact) mass is 482 g/mol. The van der Waals surface area contributed by atoms with Crippen LogP contribution in [0.25, 0.3) is 0 Å². The van der Waals surface area contributed by atoms with Gasteiger partial charge in [-0.2, -0.15) is 0 Å². The second-order valence-corrected chi connectivity index (χ2v) is 8.74. The van der Waals surface area contributed by atoms with Gasteiger partial charge in [-0.3, -0.25) is 4.79 Å². The molecular formula is C28H42N4O3. The number of hydrogen-bond donors (Lipinski definition) is 2. The highest BCUT2D eigenvalue weighted by atomic mass is 16.5. The maximum absolute atomic E-state index is 13.1. The summed E-state index contributed by atoms with van der Waals surface area (Å²) in [6, 6.07) is 17.2. The summed E-state index contributed by atoms with van der Waals surface area (Å²) in [6.45, 7) is 10.4. The normalized spacial score (nSPS) is 11.7. The number of ether oxygens (including phenoxy) is 1. The highest BCUT2D eigenvalue weighted by Crippen LogP contribution is 2.23. The minimum atomic E-state index is -0.245. The molecule has 7 heteroatoms. The first-order valence-electron chi connectivity index (χ1n) is 12.7. The predicted octanol–water partition coefficient (Wildman–Crippen LogP) is 4.79. The second-order valence-electron chi connectivity index (χ2n) is 8.74. The van der Waals surface area contributed by atoms with E-state index in [0.29, 0.717) is 30.9 Å². The molecule has 2 N–H and O–H groups in total. The number of rotatable bonds is 15. The van der Waals surface area contributed by atoms with E-state index in [0.717, 1.165) is 38.0 Å². The Kier molecular flexibility index (Phi) is 12.7. The number of methoxy groups -OCH3 is 1. The highest BCUT2D eigenvalue weighted by Gasteiger charge is 2.17. The van der Waals surface area contributed by atoms with Crippen molar-refractivity contribution in [3.8, 4) is 5.75 Å². The summed E-state index contributed by atoms with van der Waals surface area (Å²) < 4.78 is 5.36. The Balaban J connectivity index is 1.92. The Morgan fingerprint density at radius 3 is 2.31 bits per heavy atom. The fraction of sp³-hybridized carbons (Fsp3) is 0.500. The molecule has 0 radical (unpaired) electrons. The molecule has 0 saturated carbocycles. The first kappa shape index (κ1) is 28.2. The van der Waals surface area contributed by atoms with Gasteiger partial charge in [0.05, 0.1) is 12.8 Å². The van der Waals surface area contributed by atoms with Crippen molar-refractivity contribution in [2.24, 2.45) is 0 Å². The van der Waals surface area contributed by atoms with Crippen LogP contribution in [0.3, 0.4) is 0 Å². The third-order valence-corrected chi connectivity index (χ3v) is 6.17. The summed E-state index contributed by atoms with van der Waals surface area (Å²) in [5.41, 5.74) is 1.75. The number of benzene rings is 2. The van der Waals surface area contributed by atoms with Crippen molar-refractivity contribution >= 4 is 17.6 Å². The van der Waals surface area contributed by atoms with E-state index in [1.54, 1.807) is 24.1 Å². The van der Waals surface area contributed by atoms with E-state index < -0.39 is 0 Å². The number of para-hydroxylation sites is 2. The average molecular weight is 483 g/mol. The largest absolute Gasteiger partial charge is 0.495 e. The maximum Gasteiger partial charge on any atom is 0.321 e. The summed E-state index contributed by atoms with van der Waals surface area (Å²) >= 11 is 0. The van der Waals surface area contributed by atoms with Crippen LogP contribution in [0.2, 0.25) is 0 Å².